The molecule has 8 unspecified atom stereocenters. The van der Waals surface area contributed by atoms with Crippen molar-refractivity contribution >= 4 is 6.72 Å². The molecular formula is C30H51N3. The smallest absolute Gasteiger partial charge is 0.0960 e. The number of nitrogens with zero attached hydrogens (tertiary/aromatic N) is 3. The minimum absolute atomic E-state index is 0.479. The monoisotopic (exact) mass is 453 g/mol. The average molecular weight is 454 g/mol. The first-order valence-corrected chi connectivity index (χ1v) is 14.2. The number of hydrogen-bond acceptors (Lipinski definition) is 3. The SMILES string of the molecule is C=NN(/C=C(\C)C#N)CC(C)C1CCC2C3CCC(CCCCC)C(CCC)C3CCC12C. The summed E-state index contributed by atoms with van der Waals surface area (Å²) >= 11 is 0. The highest BCUT2D eigenvalue weighted by molar-refractivity contribution is 5.24. The average Bonchev–Trinajstić information content (AvgIpc) is 3.17. The van der Waals surface area contributed by atoms with Crippen molar-refractivity contribution in [2.24, 2.45) is 51.9 Å². The van der Waals surface area contributed by atoms with Crippen LogP contribution in [-0.4, -0.2) is 18.3 Å². The highest BCUT2D eigenvalue weighted by atomic mass is 15.4. The normalized spacial score (nSPS) is 37.0. The quantitative estimate of drug-likeness (QED) is 0.136. The van der Waals surface area contributed by atoms with Gasteiger partial charge < -0.3 is 0 Å². The van der Waals surface area contributed by atoms with Crippen molar-refractivity contribution < 1.29 is 0 Å². The van der Waals surface area contributed by atoms with Crippen molar-refractivity contribution in [2.75, 3.05) is 6.54 Å². The van der Waals surface area contributed by atoms with Crippen molar-refractivity contribution in [1.29, 1.82) is 5.26 Å². The van der Waals surface area contributed by atoms with Gasteiger partial charge >= 0.3 is 0 Å². The molecule has 8 atom stereocenters. The van der Waals surface area contributed by atoms with Gasteiger partial charge in [-0.05, 0) is 92.3 Å². The fraction of sp³-hybridized carbons (Fsp3) is 0.867. The molecule has 3 nitrogen and oxygen atoms in total. The Morgan fingerprint density at radius 1 is 1.12 bits per heavy atom. The first-order chi connectivity index (χ1) is 15.9. The van der Waals surface area contributed by atoms with E-state index in [0.717, 1.165) is 42.1 Å². The summed E-state index contributed by atoms with van der Waals surface area (Å²) in [5.74, 6) is 6.20. The molecule has 0 N–H and O–H groups in total. The molecule has 0 saturated heterocycles. The second kappa shape index (κ2) is 11.9. The first kappa shape index (κ1) is 26.3. The highest BCUT2D eigenvalue weighted by Crippen LogP contribution is 2.64. The molecule has 3 heteroatoms. The zero-order valence-electron chi connectivity index (χ0n) is 22.4. The Morgan fingerprint density at radius 2 is 1.91 bits per heavy atom. The standard InChI is InChI=1S/C30H51N3/c1-7-9-10-12-24-13-14-27-26(25(24)11-8-2)17-18-30(5)28(15-16-29(27)30)23(4)21-33(32-6)20-22(3)19-31/h20,23-29H,6-18,21H2,1-5H3/b22-20+. The van der Waals surface area contributed by atoms with Gasteiger partial charge in [-0.25, -0.2) is 0 Å². The molecular weight excluding hydrogens is 402 g/mol. The third-order valence-electron chi connectivity index (χ3n) is 10.3. The van der Waals surface area contributed by atoms with E-state index in [2.05, 4.69) is 45.6 Å². The molecule has 0 aromatic heterocycles. The van der Waals surface area contributed by atoms with Crippen LogP contribution in [0.5, 0.6) is 0 Å². The van der Waals surface area contributed by atoms with Crippen LogP contribution in [0.1, 0.15) is 112 Å². The van der Waals surface area contributed by atoms with Crippen molar-refractivity contribution in [3.8, 4) is 6.07 Å². The van der Waals surface area contributed by atoms with Gasteiger partial charge in [0.2, 0.25) is 0 Å². The molecule has 186 valence electrons. The van der Waals surface area contributed by atoms with Gasteiger partial charge in [-0.3, -0.25) is 5.01 Å². The van der Waals surface area contributed by atoms with Gasteiger partial charge in [-0.1, -0.05) is 66.2 Å². The molecule has 0 aromatic carbocycles. The predicted molar refractivity (Wildman–Crippen MR) is 141 cm³/mol. The summed E-state index contributed by atoms with van der Waals surface area (Å²) in [4.78, 5) is 0. The number of rotatable bonds is 11. The van der Waals surface area contributed by atoms with Crippen molar-refractivity contribution in [3.05, 3.63) is 11.8 Å². The van der Waals surface area contributed by atoms with Crippen LogP contribution in [0.25, 0.3) is 0 Å². The van der Waals surface area contributed by atoms with Crippen molar-refractivity contribution in [2.45, 2.75) is 112 Å². The lowest BCUT2D eigenvalue weighted by molar-refractivity contribution is -0.0637. The molecule has 3 rings (SSSR count). The number of unbranched alkanes of at least 4 members (excludes halogenated alkanes) is 2. The molecule has 0 aliphatic heterocycles. The Morgan fingerprint density at radius 3 is 2.58 bits per heavy atom. The van der Waals surface area contributed by atoms with Gasteiger partial charge in [-0.2, -0.15) is 10.4 Å². The molecule has 0 radical (unpaired) electrons. The summed E-state index contributed by atoms with van der Waals surface area (Å²) in [6, 6.07) is 2.22. The number of hydrazone groups is 1. The zero-order chi connectivity index (χ0) is 24.0. The maximum Gasteiger partial charge on any atom is 0.0960 e. The van der Waals surface area contributed by atoms with Crippen LogP contribution in [-0.2, 0) is 0 Å². The Balaban J connectivity index is 1.70. The van der Waals surface area contributed by atoms with Gasteiger partial charge in [0.15, 0.2) is 0 Å². The van der Waals surface area contributed by atoms with Crippen LogP contribution >= 0.6 is 0 Å². The van der Waals surface area contributed by atoms with Crippen LogP contribution in [0.2, 0.25) is 0 Å². The minimum Gasteiger partial charge on any atom is -0.272 e. The molecule has 0 aromatic rings. The lowest BCUT2D eigenvalue weighted by atomic mass is 9.50. The van der Waals surface area contributed by atoms with Crippen LogP contribution in [0, 0.1) is 58.2 Å². The Labute approximate surface area is 205 Å². The molecule has 0 heterocycles. The Bertz CT molecular complexity index is 706. The fourth-order valence-electron chi connectivity index (χ4n) is 8.83. The largest absolute Gasteiger partial charge is 0.272 e. The molecule has 0 amide bonds. The maximum atomic E-state index is 9.16. The van der Waals surface area contributed by atoms with Gasteiger partial charge in [0.25, 0.3) is 0 Å². The number of allylic oxidation sites excluding steroid dienone is 1. The second-order valence-corrected chi connectivity index (χ2v) is 12.1. The molecule has 0 bridgehead atoms. The molecule has 3 aliphatic rings. The summed E-state index contributed by atoms with van der Waals surface area (Å²) in [5.41, 5.74) is 1.18. The van der Waals surface area contributed by atoms with E-state index in [1.807, 2.05) is 18.1 Å². The van der Waals surface area contributed by atoms with E-state index >= 15 is 0 Å². The number of fused-ring (bicyclic) bond motifs is 3. The maximum absolute atomic E-state index is 9.16. The van der Waals surface area contributed by atoms with Gasteiger partial charge in [0, 0.05) is 25.0 Å². The van der Waals surface area contributed by atoms with E-state index in [0.29, 0.717) is 16.9 Å². The number of nitriles is 1. The van der Waals surface area contributed by atoms with E-state index in [-0.39, 0.29) is 0 Å². The summed E-state index contributed by atoms with van der Waals surface area (Å²) in [6.45, 7) is 16.3. The molecule has 33 heavy (non-hydrogen) atoms. The lowest BCUT2D eigenvalue weighted by Crippen LogP contribution is -2.48. The van der Waals surface area contributed by atoms with Crippen molar-refractivity contribution in [3.63, 3.8) is 0 Å². The van der Waals surface area contributed by atoms with Crippen LogP contribution < -0.4 is 0 Å². The lowest BCUT2D eigenvalue weighted by Gasteiger charge is -2.55. The summed E-state index contributed by atoms with van der Waals surface area (Å²) in [5, 5.41) is 15.3. The first-order valence-electron chi connectivity index (χ1n) is 14.2. The van der Waals surface area contributed by atoms with E-state index in [9.17, 15) is 0 Å². The Kier molecular flexibility index (Phi) is 9.49. The number of hydrogen-bond donors (Lipinski definition) is 0. The topological polar surface area (TPSA) is 39.4 Å². The fourth-order valence-corrected chi connectivity index (χ4v) is 8.83. The van der Waals surface area contributed by atoms with Gasteiger partial charge in [-0.15, -0.1) is 0 Å². The van der Waals surface area contributed by atoms with Crippen LogP contribution in [0.4, 0.5) is 0 Å². The zero-order valence-corrected chi connectivity index (χ0v) is 22.4. The van der Waals surface area contributed by atoms with Crippen LogP contribution in [0.15, 0.2) is 16.9 Å². The third-order valence-corrected chi connectivity index (χ3v) is 10.3. The summed E-state index contributed by atoms with van der Waals surface area (Å²) in [7, 11) is 0. The van der Waals surface area contributed by atoms with Gasteiger partial charge in [0.05, 0.1) is 6.07 Å². The van der Waals surface area contributed by atoms with Crippen LogP contribution in [0.3, 0.4) is 0 Å². The van der Waals surface area contributed by atoms with E-state index in [1.165, 1.54) is 77.0 Å². The van der Waals surface area contributed by atoms with Crippen molar-refractivity contribution in [1.82, 2.24) is 5.01 Å². The molecule has 3 saturated carbocycles. The Hall–Kier alpha value is -1.30. The molecule has 3 fully saturated rings. The predicted octanol–water partition coefficient (Wildman–Crippen LogP) is 8.43. The highest BCUT2D eigenvalue weighted by Gasteiger charge is 2.57. The summed E-state index contributed by atoms with van der Waals surface area (Å²) < 4.78 is 0. The second-order valence-electron chi connectivity index (χ2n) is 12.1. The summed E-state index contributed by atoms with van der Waals surface area (Å²) in [6.07, 6.45) is 19.1. The molecule has 3 aliphatic carbocycles. The van der Waals surface area contributed by atoms with E-state index < -0.39 is 0 Å². The van der Waals surface area contributed by atoms with E-state index in [1.54, 1.807) is 0 Å². The van der Waals surface area contributed by atoms with Gasteiger partial charge in [0.1, 0.15) is 0 Å². The third kappa shape index (κ3) is 5.68. The van der Waals surface area contributed by atoms with E-state index in [4.69, 9.17) is 5.26 Å². The molecule has 0 spiro atoms. The minimum atomic E-state index is 0.479.